The molecule has 0 aliphatic carbocycles. The zero-order valence-electron chi connectivity index (χ0n) is 11.1. The number of nitrogens with zero attached hydrogens (tertiary/aromatic N) is 4. The maximum absolute atomic E-state index is 9.85. The van der Waals surface area contributed by atoms with Gasteiger partial charge in [-0.25, -0.2) is 10.1 Å². The van der Waals surface area contributed by atoms with Gasteiger partial charge < -0.3 is 15.7 Å². The predicted octanol–water partition coefficient (Wildman–Crippen LogP) is 1.99. The molecule has 0 aliphatic rings. The van der Waals surface area contributed by atoms with Crippen LogP contribution in [-0.4, -0.2) is 33.3 Å². The molecule has 8 nitrogen and oxygen atoms in total. The van der Waals surface area contributed by atoms with Crippen molar-refractivity contribution in [1.29, 1.82) is 0 Å². The number of aromatic nitrogens is 3. The largest absolute Gasteiger partial charge is 0.503 e. The number of ether oxygens (including phenoxy) is 1. The average molecular weight is 420 g/mol. The van der Waals surface area contributed by atoms with Crippen molar-refractivity contribution in [2.45, 2.75) is 6.92 Å². The van der Waals surface area contributed by atoms with E-state index in [0.29, 0.717) is 32.0 Å². The highest BCUT2D eigenvalue weighted by molar-refractivity contribution is 9.13. The number of halogens is 2. The minimum absolute atomic E-state index is 0.00631. The number of phenols is 1. The standard InChI is InChI=1S/C11H12Br2N6O2/c1-5-16-18-11(19(5)14)17-15-4-6-3-7(21-2)10(20)9(13)8(6)12/h3-4,20H,14H2,1-2H3,(H,17,18)/b15-4-. The first-order chi connectivity index (χ1) is 9.95. The minimum atomic E-state index is 0.00631. The molecule has 1 aromatic heterocycles. The Labute approximate surface area is 137 Å². The first kappa shape index (κ1) is 15.6. The number of hydrazone groups is 1. The van der Waals surface area contributed by atoms with Crippen molar-refractivity contribution in [3.8, 4) is 11.5 Å². The minimum Gasteiger partial charge on any atom is -0.503 e. The van der Waals surface area contributed by atoms with Gasteiger partial charge in [0.2, 0.25) is 0 Å². The Kier molecular flexibility index (Phi) is 4.68. The Hall–Kier alpha value is -1.81. The Morgan fingerprint density at radius 1 is 1.43 bits per heavy atom. The number of aryl methyl sites for hydroxylation is 1. The summed E-state index contributed by atoms with van der Waals surface area (Å²) < 4.78 is 7.47. The van der Waals surface area contributed by atoms with Crippen molar-refractivity contribution >= 4 is 44.0 Å². The van der Waals surface area contributed by atoms with Crippen LogP contribution < -0.4 is 16.0 Å². The molecule has 2 rings (SSSR count). The van der Waals surface area contributed by atoms with Crippen molar-refractivity contribution in [2.24, 2.45) is 5.10 Å². The molecule has 1 aromatic carbocycles. The van der Waals surface area contributed by atoms with Crippen LogP contribution in [0.4, 0.5) is 5.95 Å². The summed E-state index contributed by atoms with van der Waals surface area (Å²) in [5, 5.41) is 21.5. The number of phenolic OH excluding ortho intramolecular Hbond substituents is 1. The number of benzene rings is 1. The summed E-state index contributed by atoms with van der Waals surface area (Å²) in [5.74, 6) is 6.88. The number of methoxy groups -OCH3 is 1. The summed E-state index contributed by atoms with van der Waals surface area (Å²) in [4.78, 5) is 0. The van der Waals surface area contributed by atoms with Gasteiger partial charge in [0.05, 0.1) is 17.8 Å². The molecule has 21 heavy (non-hydrogen) atoms. The van der Waals surface area contributed by atoms with E-state index in [4.69, 9.17) is 10.6 Å². The fourth-order valence-corrected chi connectivity index (χ4v) is 2.30. The summed E-state index contributed by atoms with van der Waals surface area (Å²) in [6.45, 7) is 1.72. The molecule has 0 radical (unpaired) electrons. The Bertz CT molecular complexity index is 701. The molecule has 112 valence electrons. The third kappa shape index (κ3) is 3.10. The van der Waals surface area contributed by atoms with Crippen LogP contribution in [0.1, 0.15) is 11.4 Å². The Morgan fingerprint density at radius 3 is 2.71 bits per heavy atom. The van der Waals surface area contributed by atoms with Crippen molar-refractivity contribution in [1.82, 2.24) is 14.9 Å². The molecule has 1 heterocycles. The molecule has 0 atom stereocenters. The zero-order chi connectivity index (χ0) is 15.6. The van der Waals surface area contributed by atoms with E-state index in [-0.39, 0.29) is 5.75 Å². The van der Waals surface area contributed by atoms with Crippen LogP contribution in [0.25, 0.3) is 0 Å². The molecule has 0 bridgehead atoms. The second-order valence-corrected chi connectivity index (χ2v) is 5.54. The number of aromatic hydroxyl groups is 1. The molecule has 0 saturated heterocycles. The quantitative estimate of drug-likeness (QED) is 0.397. The van der Waals surface area contributed by atoms with E-state index >= 15 is 0 Å². The van der Waals surface area contributed by atoms with Crippen molar-refractivity contribution < 1.29 is 9.84 Å². The molecule has 0 fully saturated rings. The second kappa shape index (κ2) is 6.31. The highest BCUT2D eigenvalue weighted by atomic mass is 79.9. The van der Waals surface area contributed by atoms with E-state index in [1.165, 1.54) is 18.0 Å². The van der Waals surface area contributed by atoms with Crippen molar-refractivity contribution in [2.75, 3.05) is 18.4 Å². The van der Waals surface area contributed by atoms with Gasteiger partial charge in [-0.05, 0) is 44.8 Å². The molecule has 0 unspecified atom stereocenters. The van der Waals surface area contributed by atoms with Gasteiger partial charge in [-0.15, -0.1) is 10.2 Å². The molecular formula is C11H12Br2N6O2. The smallest absolute Gasteiger partial charge is 0.263 e. The van der Waals surface area contributed by atoms with Gasteiger partial charge in [0.15, 0.2) is 17.3 Å². The highest BCUT2D eigenvalue weighted by Gasteiger charge is 2.13. The monoisotopic (exact) mass is 418 g/mol. The number of hydrogen-bond acceptors (Lipinski definition) is 7. The van der Waals surface area contributed by atoms with Crippen LogP contribution in [0, 0.1) is 6.92 Å². The van der Waals surface area contributed by atoms with Gasteiger partial charge in [0.25, 0.3) is 5.95 Å². The number of rotatable bonds is 4. The molecule has 4 N–H and O–H groups in total. The maximum Gasteiger partial charge on any atom is 0.263 e. The van der Waals surface area contributed by atoms with Crippen LogP contribution in [0.3, 0.4) is 0 Å². The number of nitrogens with one attached hydrogen (secondary N) is 1. The maximum atomic E-state index is 9.85. The lowest BCUT2D eigenvalue weighted by atomic mass is 10.2. The zero-order valence-corrected chi connectivity index (χ0v) is 14.3. The Morgan fingerprint density at radius 2 is 2.14 bits per heavy atom. The van der Waals surface area contributed by atoms with E-state index in [9.17, 15) is 5.11 Å². The molecule has 0 spiro atoms. The van der Waals surface area contributed by atoms with Gasteiger partial charge in [-0.2, -0.15) is 5.10 Å². The summed E-state index contributed by atoms with van der Waals surface area (Å²) >= 11 is 6.63. The van der Waals surface area contributed by atoms with E-state index in [2.05, 4.69) is 52.6 Å². The van der Waals surface area contributed by atoms with Crippen LogP contribution in [0.15, 0.2) is 20.1 Å². The molecule has 0 aliphatic heterocycles. The highest BCUT2D eigenvalue weighted by Crippen LogP contribution is 2.41. The Balaban J connectivity index is 2.25. The van der Waals surface area contributed by atoms with Crippen molar-refractivity contribution in [3.05, 3.63) is 26.4 Å². The summed E-state index contributed by atoms with van der Waals surface area (Å²) in [5.41, 5.74) is 3.36. The number of anilines is 1. The van der Waals surface area contributed by atoms with Crippen LogP contribution in [0.2, 0.25) is 0 Å². The molecule has 2 aromatic rings. The lowest BCUT2D eigenvalue weighted by Crippen LogP contribution is -2.13. The number of hydrogen-bond donors (Lipinski definition) is 3. The van der Waals surface area contributed by atoms with Crippen LogP contribution >= 0.6 is 31.9 Å². The van der Waals surface area contributed by atoms with E-state index < -0.39 is 0 Å². The lowest BCUT2D eigenvalue weighted by Gasteiger charge is -2.09. The second-order valence-electron chi connectivity index (χ2n) is 3.96. The van der Waals surface area contributed by atoms with Gasteiger partial charge in [-0.3, -0.25) is 0 Å². The van der Waals surface area contributed by atoms with Gasteiger partial charge in [0, 0.05) is 10.0 Å². The predicted molar refractivity (Wildman–Crippen MR) is 86.2 cm³/mol. The molecule has 0 amide bonds. The average Bonchev–Trinajstić information content (AvgIpc) is 2.79. The van der Waals surface area contributed by atoms with Crippen molar-refractivity contribution in [3.63, 3.8) is 0 Å². The molecule has 0 saturated carbocycles. The van der Waals surface area contributed by atoms with E-state index in [1.54, 1.807) is 13.0 Å². The fourth-order valence-electron chi connectivity index (χ4n) is 1.47. The van der Waals surface area contributed by atoms with Crippen LogP contribution in [0.5, 0.6) is 11.5 Å². The molecular weight excluding hydrogens is 408 g/mol. The summed E-state index contributed by atoms with van der Waals surface area (Å²) in [7, 11) is 1.47. The number of nitrogen functional groups attached to an aromatic ring is 1. The van der Waals surface area contributed by atoms with Gasteiger partial charge in [0.1, 0.15) is 0 Å². The topological polar surface area (TPSA) is 111 Å². The first-order valence-electron chi connectivity index (χ1n) is 5.66. The third-order valence-corrected chi connectivity index (χ3v) is 4.79. The molecule has 10 heteroatoms. The van der Waals surface area contributed by atoms with E-state index in [1.807, 2.05) is 0 Å². The lowest BCUT2D eigenvalue weighted by molar-refractivity contribution is 0.371. The van der Waals surface area contributed by atoms with Gasteiger partial charge in [-0.1, -0.05) is 0 Å². The summed E-state index contributed by atoms with van der Waals surface area (Å²) in [6, 6.07) is 1.63. The SMILES string of the molecule is COc1cc(/C=N\Nc2nnc(C)n2N)c(Br)c(Br)c1O. The summed E-state index contributed by atoms with van der Waals surface area (Å²) in [6.07, 6.45) is 1.53. The van der Waals surface area contributed by atoms with E-state index in [0.717, 1.165) is 0 Å². The van der Waals surface area contributed by atoms with Crippen LogP contribution in [-0.2, 0) is 0 Å². The fraction of sp³-hybridized carbons (Fsp3) is 0.182. The first-order valence-corrected chi connectivity index (χ1v) is 7.25. The van der Waals surface area contributed by atoms with Gasteiger partial charge >= 0.3 is 0 Å². The third-order valence-electron chi connectivity index (χ3n) is 2.63. The normalized spacial score (nSPS) is 11.0. The number of nitrogens with two attached hydrogens (primary N) is 1.